The summed E-state index contributed by atoms with van der Waals surface area (Å²) in [6.45, 7) is 7.66. The van der Waals surface area contributed by atoms with Gasteiger partial charge in [0.1, 0.15) is 5.69 Å². The summed E-state index contributed by atoms with van der Waals surface area (Å²) >= 11 is 0. The van der Waals surface area contributed by atoms with Gasteiger partial charge in [0.15, 0.2) is 0 Å². The van der Waals surface area contributed by atoms with Gasteiger partial charge in [0, 0.05) is 49.3 Å². The number of anilines is 2. The van der Waals surface area contributed by atoms with E-state index >= 15 is 0 Å². The van der Waals surface area contributed by atoms with E-state index in [4.69, 9.17) is 0 Å². The predicted molar refractivity (Wildman–Crippen MR) is 117 cm³/mol. The first-order valence-electron chi connectivity index (χ1n) is 10.5. The Morgan fingerprint density at radius 1 is 1.00 bits per heavy atom. The summed E-state index contributed by atoms with van der Waals surface area (Å²) in [5.41, 5.74) is 2.59. The second kappa shape index (κ2) is 10.0. The number of likely N-dealkylation sites (tertiary alicyclic amines) is 1. The van der Waals surface area contributed by atoms with Crippen molar-refractivity contribution in [2.24, 2.45) is 0 Å². The maximum Gasteiger partial charge on any atom is 0.274 e. The fourth-order valence-corrected chi connectivity index (χ4v) is 3.68. The normalized spacial score (nSPS) is 14.2. The highest BCUT2D eigenvalue weighted by Gasteiger charge is 2.19. The van der Waals surface area contributed by atoms with Crippen molar-refractivity contribution >= 4 is 23.2 Å². The summed E-state index contributed by atoms with van der Waals surface area (Å²) in [5.74, 6) is -0.335. The molecule has 0 radical (unpaired) electrons. The SMILES string of the molecule is CCN(CC)c1ccc(NC(=O)c2cc(C(=O)N3CCCCCC3)ccn2)cc1. The molecule has 154 valence electrons. The molecule has 1 aromatic heterocycles. The summed E-state index contributed by atoms with van der Waals surface area (Å²) in [7, 11) is 0. The van der Waals surface area contributed by atoms with E-state index in [-0.39, 0.29) is 17.5 Å². The van der Waals surface area contributed by atoms with Crippen LogP contribution in [0.2, 0.25) is 0 Å². The van der Waals surface area contributed by atoms with Crippen LogP contribution in [-0.4, -0.2) is 47.9 Å². The first-order valence-corrected chi connectivity index (χ1v) is 10.5. The topological polar surface area (TPSA) is 65.5 Å². The van der Waals surface area contributed by atoms with Crippen LogP contribution in [0.15, 0.2) is 42.6 Å². The van der Waals surface area contributed by atoms with Crippen molar-refractivity contribution in [3.05, 3.63) is 53.9 Å². The molecule has 6 nitrogen and oxygen atoms in total. The fraction of sp³-hybridized carbons (Fsp3) is 0.435. The molecule has 1 fully saturated rings. The monoisotopic (exact) mass is 394 g/mol. The molecular weight excluding hydrogens is 364 g/mol. The van der Waals surface area contributed by atoms with Gasteiger partial charge in [-0.05, 0) is 63.1 Å². The molecule has 0 aliphatic carbocycles. The molecule has 1 saturated heterocycles. The molecular formula is C23H30N4O2. The average molecular weight is 395 g/mol. The largest absolute Gasteiger partial charge is 0.372 e. The minimum Gasteiger partial charge on any atom is -0.372 e. The van der Waals surface area contributed by atoms with E-state index in [0.29, 0.717) is 11.3 Å². The standard InChI is InChI=1S/C23H30N4O2/c1-3-26(4-2)20-11-9-19(10-12-20)25-22(28)21-17-18(13-14-24-21)23(29)27-15-7-5-6-8-16-27/h9-14,17H,3-8,15-16H2,1-2H3,(H,25,28). The van der Waals surface area contributed by atoms with Gasteiger partial charge in [-0.25, -0.2) is 0 Å². The van der Waals surface area contributed by atoms with E-state index in [1.54, 1.807) is 12.1 Å². The minimum atomic E-state index is -0.314. The molecule has 2 heterocycles. The van der Waals surface area contributed by atoms with Crippen molar-refractivity contribution in [1.29, 1.82) is 0 Å². The fourth-order valence-electron chi connectivity index (χ4n) is 3.68. The average Bonchev–Trinajstić information content (AvgIpc) is 3.05. The van der Waals surface area contributed by atoms with Crippen LogP contribution in [0.5, 0.6) is 0 Å². The van der Waals surface area contributed by atoms with Crippen molar-refractivity contribution in [1.82, 2.24) is 9.88 Å². The number of aromatic nitrogens is 1. The van der Waals surface area contributed by atoms with Crippen LogP contribution in [0.25, 0.3) is 0 Å². The quantitative estimate of drug-likeness (QED) is 0.798. The van der Waals surface area contributed by atoms with Crippen molar-refractivity contribution in [2.75, 3.05) is 36.4 Å². The Balaban J connectivity index is 1.68. The lowest BCUT2D eigenvalue weighted by Crippen LogP contribution is -2.32. The zero-order chi connectivity index (χ0) is 20.6. The molecule has 6 heteroatoms. The lowest BCUT2D eigenvalue weighted by atomic mass is 10.2. The number of amides is 2. The Bertz CT molecular complexity index is 823. The second-order valence-corrected chi connectivity index (χ2v) is 7.31. The van der Waals surface area contributed by atoms with Gasteiger partial charge in [-0.15, -0.1) is 0 Å². The summed E-state index contributed by atoms with van der Waals surface area (Å²) in [6.07, 6.45) is 5.94. The van der Waals surface area contributed by atoms with Crippen LogP contribution in [-0.2, 0) is 0 Å². The molecule has 0 atom stereocenters. The Morgan fingerprint density at radius 2 is 1.66 bits per heavy atom. The third-order valence-electron chi connectivity index (χ3n) is 5.39. The van der Waals surface area contributed by atoms with E-state index in [1.165, 1.54) is 19.0 Å². The van der Waals surface area contributed by atoms with Gasteiger partial charge in [-0.3, -0.25) is 14.6 Å². The maximum atomic E-state index is 12.8. The van der Waals surface area contributed by atoms with Crippen LogP contribution in [0.1, 0.15) is 60.4 Å². The van der Waals surface area contributed by atoms with Crippen LogP contribution in [0.3, 0.4) is 0 Å². The zero-order valence-corrected chi connectivity index (χ0v) is 17.4. The number of nitrogens with zero attached hydrogens (tertiary/aromatic N) is 3. The highest BCUT2D eigenvalue weighted by molar-refractivity contribution is 6.04. The predicted octanol–water partition coefficient (Wildman–Crippen LogP) is 4.20. The molecule has 0 spiro atoms. The maximum absolute atomic E-state index is 12.8. The first kappa shape index (κ1) is 20.8. The van der Waals surface area contributed by atoms with Crippen LogP contribution >= 0.6 is 0 Å². The molecule has 1 aromatic carbocycles. The number of carbonyl (C=O) groups is 2. The Kier molecular flexibility index (Phi) is 7.22. The number of nitrogens with one attached hydrogen (secondary N) is 1. The molecule has 1 aliphatic rings. The number of carbonyl (C=O) groups excluding carboxylic acids is 2. The van der Waals surface area contributed by atoms with Gasteiger partial charge in [-0.2, -0.15) is 0 Å². The van der Waals surface area contributed by atoms with Crippen LogP contribution in [0, 0.1) is 0 Å². The number of benzene rings is 1. The zero-order valence-electron chi connectivity index (χ0n) is 17.4. The summed E-state index contributed by atoms with van der Waals surface area (Å²) in [5, 5.41) is 2.87. The highest BCUT2D eigenvalue weighted by Crippen LogP contribution is 2.19. The van der Waals surface area contributed by atoms with Crippen LogP contribution < -0.4 is 10.2 Å². The van der Waals surface area contributed by atoms with E-state index in [0.717, 1.165) is 44.7 Å². The summed E-state index contributed by atoms with van der Waals surface area (Å²) in [6, 6.07) is 11.0. The summed E-state index contributed by atoms with van der Waals surface area (Å²) < 4.78 is 0. The Hall–Kier alpha value is -2.89. The van der Waals surface area contributed by atoms with Crippen molar-refractivity contribution < 1.29 is 9.59 Å². The van der Waals surface area contributed by atoms with Gasteiger partial charge >= 0.3 is 0 Å². The van der Waals surface area contributed by atoms with Crippen molar-refractivity contribution in [3.8, 4) is 0 Å². The highest BCUT2D eigenvalue weighted by atomic mass is 16.2. The summed E-state index contributed by atoms with van der Waals surface area (Å²) in [4.78, 5) is 33.7. The molecule has 29 heavy (non-hydrogen) atoms. The second-order valence-electron chi connectivity index (χ2n) is 7.31. The molecule has 0 saturated carbocycles. The third-order valence-corrected chi connectivity index (χ3v) is 5.39. The smallest absolute Gasteiger partial charge is 0.274 e. The van der Waals surface area contributed by atoms with Gasteiger partial charge in [0.25, 0.3) is 11.8 Å². The molecule has 0 bridgehead atoms. The number of hydrogen-bond donors (Lipinski definition) is 1. The van der Waals surface area contributed by atoms with Gasteiger partial charge in [0.2, 0.25) is 0 Å². The van der Waals surface area contributed by atoms with Crippen LogP contribution in [0.4, 0.5) is 11.4 Å². The lowest BCUT2D eigenvalue weighted by Gasteiger charge is -2.21. The van der Waals surface area contributed by atoms with E-state index in [9.17, 15) is 9.59 Å². The molecule has 2 aromatic rings. The minimum absolute atomic E-state index is 0.0214. The van der Waals surface area contributed by atoms with E-state index in [2.05, 4.69) is 29.0 Å². The van der Waals surface area contributed by atoms with Crippen molar-refractivity contribution in [2.45, 2.75) is 39.5 Å². The molecule has 0 unspecified atom stereocenters. The lowest BCUT2D eigenvalue weighted by molar-refractivity contribution is 0.0761. The van der Waals surface area contributed by atoms with Gasteiger partial charge in [0.05, 0.1) is 0 Å². The Labute approximate surface area is 172 Å². The van der Waals surface area contributed by atoms with E-state index < -0.39 is 0 Å². The number of hydrogen-bond acceptors (Lipinski definition) is 4. The third kappa shape index (κ3) is 5.34. The number of rotatable bonds is 6. The number of pyridine rings is 1. The molecule has 3 rings (SSSR count). The molecule has 2 amide bonds. The van der Waals surface area contributed by atoms with Gasteiger partial charge in [-0.1, -0.05) is 12.8 Å². The van der Waals surface area contributed by atoms with Crippen molar-refractivity contribution in [3.63, 3.8) is 0 Å². The van der Waals surface area contributed by atoms with Gasteiger partial charge < -0.3 is 15.1 Å². The van der Waals surface area contributed by atoms with E-state index in [1.807, 2.05) is 29.2 Å². The molecule has 1 N–H and O–H groups in total. The molecule has 1 aliphatic heterocycles. The Morgan fingerprint density at radius 3 is 2.28 bits per heavy atom. The first-order chi connectivity index (χ1) is 14.1.